The quantitative estimate of drug-likeness (QED) is 0.600. The highest BCUT2D eigenvalue weighted by atomic mass is 16.5. The summed E-state index contributed by atoms with van der Waals surface area (Å²) in [7, 11) is 0. The molecule has 1 saturated heterocycles. The summed E-state index contributed by atoms with van der Waals surface area (Å²) in [5, 5.41) is 10.8. The molecule has 2 aromatic rings. The van der Waals surface area contributed by atoms with Crippen LogP contribution in [0.2, 0.25) is 0 Å². The zero-order valence-electron chi connectivity index (χ0n) is 21.2. The summed E-state index contributed by atoms with van der Waals surface area (Å²) in [4.78, 5) is 4.99. The zero-order valence-corrected chi connectivity index (χ0v) is 21.2. The lowest BCUT2D eigenvalue weighted by molar-refractivity contribution is -0.114. The third kappa shape index (κ3) is 4.70. The van der Waals surface area contributed by atoms with Crippen molar-refractivity contribution in [3.05, 3.63) is 71.8 Å². The third-order valence-corrected chi connectivity index (χ3v) is 9.06. The second kappa shape index (κ2) is 9.73. The number of aliphatic hydroxyl groups is 1. The number of β-amino-alcohol motifs (C(OH)–C–C–N with tert-alkyl or cyclic N) is 1. The van der Waals surface area contributed by atoms with Gasteiger partial charge in [0.15, 0.2) is 0 Å². The van der Waals surface area contributed by atoms with Gasteiger partial charge >= 0.3 is 0 Å². The molecule has 5 rings (SSSR count). The van der Waals surface area contributed by atoms with Crippen molar-refractivity contribution in [2.75, 3.05) is 39.3 Å². The number of nitrogens with zero attached hydrogens (tertiary/aromatic N) is 2. The Morgan fingerprint density at radius 1 is 0.912 bits per heavy atom. The molecule has 2 aromatic carbocycles. The van der Waals surface area contributed by atoms with Crippen LogP contribution in [0.3, 0.4) is 0 Å². The second-order valence-electron chi connectivity index (χ2n) is 11.8. The molecule has 2 bridgehead atoms. The van der Waals surface area contributed by atoms with E-state index in [9.17, 15) is 5.11 Å². The fourth-order valence-corrected chi connectivity index (χ4v) is 7.32. The highest BCUT2D eigenvalue weighted by Gasteiger charge is 2.60. The molecule has 1 aliphatic heterocycles. The molecule has 0 unspecified atom stereocenters. The second-order valence-corrected chi connectivity index (χ2v) is 11.8. The van der Waals surface area contributed by atoms with Crippen molar-refractivity contribution in [1.29, 1.82) is 0 Å². The fraction of sp³-hybridized carbons (Fsp3) is 0.600. The smallest absolute Gasteiger partial charge is 0.0900 e. The van der Waals surface area contributed by atoms with E-state index in [4.69, 9.17) is 4.74 Å². The maximum atomic E-state index is 10.8. The molecule has 0 amide bonds. The largest absolute Gasteiger partial charge is 0.389 e. The van der Waals surface area contributed by atoms with Crippen molar-refractivity contribution in [3.8, 4) is 0 Å². The van der Waals surface area contributed by atoms with Gasteiger partial charge in [0.2, 0.25) is 0 Å². The van der Waals surface area contributed by atoms with E-state index in [0.29, 0.717) is 18.6 Å². The van der Waals surface area contributed by atoms with Crippen LogP contribution in [-0.2, 0) is 4.74 Å². The van der Waals surface area contributed by atoms with Crippen LogP contribution in [0.1, 0.15) is 57.2 Å². The topological polar surface area (TPSA) is 35.9 Å². The first-order chi connectivity index (χ1) is 16.4. The molecule has 4 nitrogen and oxygen atoms in total. The minimum Gasteiger partial charge on any atom is -0.389 e. The normalized spacial score (nSPS) is 30.1. The van der Waals surface area contributed by atoms with Gasteiger partial charge in [-0.2, -0.15) is 0 Å². The first-order valence-electron chi connectivity index (χ1n) is 13.2. The van der Waals surface area contributed by atoms with Gasteiger partial charge in [-0.3, -0.25) is 9.80 Å². The zero-order chi connectivity index (χ0) is 23.8. The monoisotopic (exact) mass is 462 g/mol. The number of fused-ring (bicyclic) bond motifs is 2. The van der Waals surface area contributed by atoms with Gasteiger partial charge in [-0.1, -0.05) is 81.4 Å². The minimum atomic E-state index is -0.427. The van der Waals surface area contributed by atoms with Crippen LogP contribution in [0.4, 0.5) is 0 Å². The molecule has 0 spiro atoms. The van der Waals surface area contributed by atoms with Crippen LogP contribution in [0.5, 0.6) is 0 Å². The molecule has 0 aromatic heterocycles. The van der Waals surface area contributed by atoms with Gasteiger partial charge < -0.3 is 9.84 Å². The molecule has 1 N–H and O–H groups in total. The number of piperazine rings is 1. The van der Waals surface area contributed by atoms with Gasteiger partial charge in [-0.05, 0) is 47.1 Å². The Morgan fingerprint density at radius 2 is 1.50 bits per heavy atom. The third-order valence-electron chi connectivity index (χ3n) is 9.06. The van der Waals surface area contributed by atoms with E-state index < -0.39 is 6.10 Å². The summed E-state index contributed by atoms with van der Waals surface area (Å²) in [6.45, 7) is 12.2. The lowest BCUT2D eigenvalue weighted by Crippen LogP contribution is -2.50. The van der Waals surface area contributed by atoms with Gasteiger partial charge in [-0.15, -0.1) is 0 Å². The van der Waals surface area contributed by atoms with Gasteiger partial charge in [0.05, 0.1) is 24.9 Å². The molecule has 2 saturated carbocycles. The van der Waals surface area contributed by atoms with Crippen LogP contribution in [0, 0.1) is 16.7 Å². The van der Waals surface area contributed by atoms with E-state index in [-0.39, 0.29) is 17.6 Å². The van der Waals surface area contributed by atoms with Crippen LogP contribution in [0.25, 0.3) is 0 Å². The summed E-state index contributed by atoms with van der Waals surface area (Å²) >= 11 is 0. The Balaban J connectivity index is 1.15. The summed E-state index contributed by atoms with van der Waals surface area (Å²) in [5.41, 5.74) is 3.21. The van der Waals surface area contributed by atoms with E-state index >= 15 is 0 Å². The van der Waals surface area contributed by atoms with Crippen molar-refractivity contribution in [2.24, 2.45) is 16.7 Å². The van der Waals surface area contributed by atoms with Gasteiger partial charge in [0.25, 0.3) is 0 Å². The van der Waals surface area contributed by atoms with Crippen LogP contribution >= 0.6 is 0 Å². The van der Waals surface area contributed by atoms with Crippen LogP contribution in [-0.4, -0.2) is 66.4 Å². The van der Waals surface area contributed by atoms with Gasteiger partial charge in [0, 0.05) is 32.7 Å². The number of ether oxygens (including phenoxy) is 1. The summed E-state index contributed by atoms with van der Waals surface area (Å²) in [6, 6.07) is 21.9. The molecule has 34 heavy (non-hydrogen) atoms. The maximum Gasteiger partial charge on any atom is 0.0900 e. The SMILES string of the molecule is CC1(C)[C@H]2CC[C@](C)(C2)[C@@H]1OC[C@@H](O)CN1CCN(C(c2ccccc2)c2ccccc2)CC1. The Morgan fingerprint density at radius 3 is 2.03 bits per heavy atom. The Bertz CT molecular complexity index is 881. The van der Waals surface area contributed by atoms with Crippen molar-refractivity contribution < 1.29 is 9.84 Å². The van der Waals surface area contributed by atoms with E-state index in [0.717, 1.165) is 32.1 Å². The average molecular weight is 463 g/mol. The number of aliphatic hydroxyl groups excluding tert-OH is 1. The summed E-state index contributed by atoms with van der Waals surface area (Å²) < 4.78 is 6.45. The van der Waals surface area contributed by atoms with Gasteiger partial charge in [-0.25, -0.2) is 0 Å². The van der Waals surface area contributed by atoms with Crippen molar-refractivity contribution in [3.63, 3.8) is 0 Å². The Hall–Kier alpha value is -1.72. The fourth-order valence-electron chi connectivity index (χ4n) is 7.32. The van der Waals surface area contributed by atoms with Crippen molar-refractivity contribution >= 4 is 0 Å². The molecule has 4 heteroatoms. The molecule has 3 fully saturated rings. The molecule has 184 valence electrons. The van der Waals surface area contributed by atoms with E-state index in [1.807, 2.05) is 0 Å². The lowest BCUT2D eigenvalue weighted by atomic mass is 9.70. The molecular formula is C30H42N2O2. The van der Waals surface area contributed by atoms with E-state index in [1.54, 1.807) is 0 Å². The van der Waals surface area contributed by atoms with Crippen molar-refractivity contribution in [2.45, 2.75) is 58.3 Å². The molecule has 1 heterocycles. The van der Waals surface area contributed by atoms with E-state index in [1.165, 1.54) is 30.4 Å². The van der Waals surface area contributed by atoms with E-state index in [2.05, 4.69) is 91.2 Å². The molecule has 0 radical (unpaired) electrons. The van der Waals surface area contributed by atoms with Gasteiger partial charge in [0.1, 0.15) is 0 Å². The number of hydrogen-bond donors (Lipinski definition) is 1. The number of benzene rings is 2. The molecular weight excluding hydrogens is 420 g/mol. The predicted octanol–water partition coefficient (Wildman–Crippen LogP) is 4.99. The Labute approximate surface area is 205 Å². The van der Waals surface area contributed by atoms with Crippen molar-refractivity contribution in [1.82, 2.24) is 9.80 Å². The van der Waals surface area contributed by atoms with Crippen LogP contribution < -0.4 is 0 Å². The minimum absolute atomic E-state index is 0.224. The number of hydrogen-bond acceptors (Lipinski definition) is 4. The average Bonchev–Trinajstić information content (AvgIpc) is 3.32. The Kier molecular flexibility index (Phi) is 6.87. The highest BCUT2D eigenvalue weighted by Crippen LogP contribution is 2.63. The summed E-state index contributed by atoms with van der Waals surface area (Å²) in [6.07, 6.45) is 3.73. The van der Waals surface area contributed by atoms with Crippen LogP contribution in [0.15, 0.2) is 60.7 Å². The first kappa shape index (κ1) is 24.0. The maximum absolute atomic E-state index is 10.8. The molecule has 2 aliphatic carbocycles. The summed E-state index contributed by atoms with van der Waals surface area (Å²) in [5.74, 6) is 0.773. The number of rotatable bonds is 8. The lowest BCUT2D eigenvalue weighted by Gasteiger charge is -2.43. The molecule has 4 atom stereocenters. The predicted molar refractivity (Wildman–Crippen MR) is 138 cm³/mol. The standard InChI is InChI=1S/C30H42N2O2/c1-29(2)25-14-15-30(3,20-25)28(29)34-22-26(33)21-31-16-18-32(19-17-31)27(23-10-6-4-7-11-23)24-12-8-5-9-13-24/h4-13,25-28,33H,14-22H2,1-3H3/t25-,26-,28+,30+/m0/s1. The first-order valence-corrected chi connectivity index (χ1v) is 13.2. The highest BCUT2D eigenvalue weighted by molar-refractivity contribution is 5.32. The molecule has 3 aliphatic rings.